The Hall–Kier alpha value is -3.09. The molecule has 0 aliphatic heterocycles. The van der Waals surface area contributed by atoms with Gasteiger partial charge >= 0.3 is 11.9 Å². The second kappa shape index (κ2) is 7.88. The van der Waals surface area contributed by atoms with Gasteiger partial charge in [0.15, 0.2) is 0 Å². The summed E-state index contributed by atoms with van der Waals surface area (Å²) in [6.45, 7) is 1.88. The van der Waals surface area contributed by atoms with Gasteiger partial charge in [-0.1, -0.05) is 12.1 Å². The van der Waals surface area contributed by atoms with Gasteiger partial charge in [0, 0.05) is 23.0 Å². The van der Waals surface area contributed by atoms with Gasteiger partial charge in [0.1, 0.15) is 0 Å². The quantitative estimate of drug-likeness (QED) is 0.740. The molecule has 1 aliphatic carbocycles. The molecule has 28 heavy (non-hydrogen) atoms. The number of nitrogens with zero attached hydrogens (tertiary/aromatic N) is 1. The van der Waals surface area contributed by atoms with Crippen LogP contribution in [0.4, 0.5) is 0 Å². The van der Waals surface area contributed by atoms with Crippen LogP contribution in [0.1, 0.15) is 57.4 Å². The Morgan fingerprint density at radius 2 is 1.75 bits per heavy atom. The molecule has 7 nitrogen and oxygen atoms in total. The summed E-state index contributed by atoms with van der Waals surface area (Å²) < 4.78 is 11.7. The Morgan fingerprint density at radius 3 is 2.25 bits per heavy atom. The fraction of sp³-hybridized carbons (Fsp3) is 0.381. The normalized spacial score (nSPS) is 13.2. The van der Waals surface area contributed by atoms with Crippen molar-refractivity contribution < 1.29 is 23.9 Å². The third-order valence-corrected chi connectivity index (χ3v) is 5.10. The van der Waals surface area contributed by atoms with Crippen LogP contribution < -0.4 is 5.73 Å². The van der Waals surface area contributed by atoms with E-state index in [-0.39, 0.29) is 12.4 Å². The van der Waals surface area contributed by atoms with Gasteiger partial charge in [-0.05, 0) is 43.9 Å². The Morgan fingerprint density at radius 1 is 1.11 bits per heavy atom. The fourth-order valence-electron chi connectivity index (χ4n) is 3.67. The summed E-state index contributed by atoms with van der Waals surface area (Å²) in [6.07, 6.45) is 2.70. The lowest BCUT2D eigenvalue weighted by Gasteiger charge is -2.12. The van der Waals surface area contributed by atoms with Crippen molar-refractivity contribution in [3.63, 3.8) is 0 Å². The molecule has 2 aromatic rings. The van der Waals surface area contributed by atoms with E-state index in [2.05, 4.69) is 4.57 Å². The SMILES string of the molecule is COC(=O)CCc1c(-c2ccc(C(=O)OC)cc2)c(C(N)=O)c(C)n1C1CC1. The van der Waals surface area contributed by atoms with Crippen LogP contribution in [-0.2, 0) is 20.7 Å². The molecule has 1 saturated carbocycles. The molecule has 0 atom stereocenters. The van der Waals surface area contributed by atoms with E-state index in [1.165, 1.54) is 14.2 Å². The summed E-state index contributed by atoms with van der Waals surface area (Å²) >= 11 is 0. The third-order valence-electron chi connectivity index (χ3n) is 5.10. The summed E-state index contributed by atoms with van der Waals surface area (Å²) in [5.41, 5.74) is 9.78. The van der Waals surface area contributed by atoms with Gasteiger partial charge < -0.3 is 19.8 Å². The molecule has 0 saturated heterocycles. The fourth-order valence-corrected chi connectivity index (χ4v) is 3.67. The zero-order valence-electron chi connectivity index (χ0n) is 16.3. The zero-order chi connectivity index (χ0) is 20.4. The van der Waals surface area contributed by atoms with Crippen molar-refractivity contribution in [3.8, 4) is 11.1 Å². The smallest absolute Gasteiger partial charge is 0.337 e. The first kappa shape index (κ1) is 19.7. The van der Waals surface area contributed by atoms with E-state index < -0.39 is 11.9 Å². The highest BCUT2D eigenvalue weighted by Crippen LogP contribution is 2.43. The summed E-state index contributed by atoms with van der Waals surface area (Å²) in [6, 6.07) is 7.16. The molecule has 0 unspecified atom stereocenters. The minimum Gasteiger partial charge on any atom is -0.469 e. The first-order valence-corrected chi connectivity index (χ1v) is 9.18. The van der Waals surface area contributed by atoms with Crippen LogP contribution in [0.5, 0.6) is 0 Å². The van der Waals surface area contributed by atoms with Gasteiger partial charge in [-0.25, -0.2) is 4.79 Å². The van der Waals surface area contributed by atoms with E-state index in [1.54, 1.807) is 24.3 Å². The van der Waals surface area contributed by atoms with Crippen molar-refractivity contribution in [1.82, 2.24) is 4.57 Å². The Balaban J connectivity index is 2.14. The number of ether oxygens (including phenoxy) is 2. The summed E-state index contributed by atoms with van der Waals surface area (Å²) in [4.78, 5) is 35.7. The van der Waals surface area contributed by atoms with E-state index in [4.69, 9.17) is 15.2 Å². The van der Waals surface area contributed by atoms with E-state index in [9.17, 15) is 14.4 Å². The molecule has 0 spiro atoms. The average Bonchev–Trinajstić information content (AvgIpc) is 3.48. The summed E-state index contributed by atoms with van der Waals surface area (Å²) in [5, 5.41) is 0. The van der Waals surface area contributed by atoms with E-state index >= 15 is 0 Å². The lowest BCUT2D eigenvalue weighted by Crippen LogP contribution is -2.13. The van der Waals surface area contributed by atoms with Crippen molar-refractivity contribution in [3.05, 3.63) is 46.8 Å². The Labute approximate surface area is 163 Å². The lowest BCUT2D eigenvalue weighted by molar-refractivity contribution is -0.140. The number of rotatable bonds is 7. The maximum atomic E-state index is 12.3. The number of esters is 2. The maximum Gasteiger partial charge on any atom is 0.337 e. The number of benzene rings is 1. The van der Waals surface area contributed by atoms with E-state index in [0.29, 0.717) is 23.6 Å². The predicted octanol–water partition coefficient (Wildman–Crippen LogP) is 2.79. The number of primary amides is 1. The Kier molecular flexibility index (Phi) is 5.53. The van der Waals surface area contributed by atoms with Crippen LogP contribution >= 0.6 is 0 Å². The van der Waals surface area contributed by atoms with Gasteiger partial charge in [0.05, 0.1) is 31.8 Å². The molecule has 1 aliphatic rings. The third kappa shape index (κ3) is 3.65. The highest BCUT2D eigenvalue weighted by atomic mass is 16.5. The molecule has 1 amide bonds. The molecule has 1 aromatic heterocycles. The van der Waals surface area contributed by atoms with Crippen molar-refractivity contribution in [2.75, 3.05) is 14.2 Å². The average molecular weight is 384 g/mol. The Bertz CT molecular complexity index is 923. The van der Waals surface area contributed by atoms with Crippen molar-refractivity contribution in [2.45, 2.75) is 38.6 Å². The highest BCUT2D eigenvalue weighted by Gasteiger charge is 2.33. The van der Waals surface area contributed by atoms with E-state index in [0.717, 1.165) is 35.4 Å². The van der Waals surface area contributed by atoms with Crippen LogP contribution in [0.25, 0.3) is 11.1 Å². The van der Waals surface area contributed by atoms with Crippen LogP contribution in [0.2, 0.25) is 0 Å². The number of carbonyl (C=O) groups excluding carboxylic acids is 3. The van der Waals surface area contributed by atoms with Crippen LogP contribution in [0.3, 0.4) is 0 Å². The predicted molar refractivity (Wildman–Crippen MR) is 103 cm³/mol. The number of carbonyl (C=O) groups is 3. The molecular formula is C21H24N2O5. The molecule has 1 aromatic carbocycles. The largest absolute Gasteiger partial charge is 0.469 e. The summed E-state index contributed by atoms with van der Waals surface area (Å²) in [5.74, 6) is -1.25. The van der Waals surface area contributed by atoms with Gasteiger partial charge in [-0.2, -0.15) is 0 Å². The number of hydrogen-bond acceptors (Lipinski definition) is 5. The molecular weight excluding hydrogens is 360 g/mol. The minimum absolute atomic E-state index is 0.206. The summed E-state index contributed by atoms with van der Waals surface area (Å²) in [7, 11) is 2.68. The first-order chi connectivity index (χ1) is 13.4. The monoisotopic (exact) mass is 384 g/mol. The van der Waals surface area contributed by atoms with E-state index in [1.807, 2.05) is 6.92 Å². The van der Waals surface area contributed by atoms with Crippen LogP contribution in [0, 0.1) is 6.92 Å². The molecule has 1 heterocycles. The van der Waals surface area contributed by atoms with Gasteiger partial charge in [-0.3, -0.25) is 9.59 Å². The second-order valence-corrected chi connectivity index (χ2v) is 6.89. The molecule has 7 heteroatoms. The zero-order valence-corrected chi connectivity index (χ0v) is 16.3. The van der Waals surface area contributed by atoms with Gasteiger partial charge in [0.25, 0.3) is 5.91 Å². The minimum atomic E-state index is -0.511. The molecule has 3 rings (SSSR count). The number of methoxy groups -OCH3 is 2. The van der Waals surface area contributed by atoms with Crippen molar-refractivity contribution in [1.29, 1.82) is 0 Å². The van der Waals surface area contributed by atoms with Crippen molar-refractivity contribution >= 4 is 17.8 Å². The molecule has 2 N–H and O–H groups in total. The standard InChI is InChI=1S/C21H24N2O5/c1-12-18(20(22)25)19(13-4-6-14(7-5-13)21(26)28-3)16(10-11-17(24)27-2)23(12)15-8-9-15/h4-7,15H,8-11H2,1-3H3,(H2,22,25). The first-order valence-electron chi connectivity index (χ1n) is 9.18. The van der Waals surface area contributed by atoms with Gasteiger partial charge in [0.2, 0.25) is 0 Å². The topological polar surface area (TPSA) is 101 Å². The van der Waals surface area contributed by atoms with Crippen LogP contribution in [-0.4, -0.2) is 36.6 Å². The maximum absolute atomic E-state index is 12.3. The number of nitrogens with two attached hydrogens (primary N) is 1. The molecule has 148 valence electrons. The van der Waals surface area contributed by atoms with Crippen LogP contribution in [0.15, 0.2) is 24.3 Å². The molecule has 1 fully saturated rings. The number of aromatic nitrogens is 1. The lowest BCUT2D eigenvalue weighted by atomic mass is 9.97. The number of hydrogen-bond donors (Lipinski definition) is 1. The van der Waals surface area contributed by atoms with Crippen molar-refractivity contribution in [2.24, 2.45) is 5.73 Å². The highest BCUT2D eigenvalue weighted by molar-refractivity contribution is 6.02. The molecule has 0 bridgehead atoms. The second-order valence-electron chi connectivity index (χ2n) is 6.89. The molecule has 0 radical (unpaired) electrons. The number of amides is 1. The van der Waals surface area contributed by atoms with Gasteiger partial charge in [-0.15, -0.1) is 0 Å².